The number of amides is 1. The van der Waals surface area contributed by atoms with Gasteiger partial charge in [0.2, 0.25) is 5.91 Å². The molecule has 2 saturated heterocycles. The summed E-state index contributed by atoms with van der Waals surface area (Å²) in [5, 5.41) is 12.1. The third kappa shape index (κ3) is 3.91. The van der Waals surface area contributed by atoms with E-state index in [0.29, 0.717) is 32.8 Å². The van der Waals surface area contributed by atoms with Crippen molar-refractivity contribution in [3.05, 3.63) is 0 Å². The standard InChI is InChI=1S/C12H22N2O4/c15-8-10-9-17-5-3-14(10)7-12(16)13-6-11-2-1-4-18-11/h10-11,15H,1-9H2,(H,13,16). The first-order valence-electron chi connectivity index (χ1n) is 6.60. The lowest BCUT2D eigenvalue weighted by atomic mass is 10.2. The Morgan fingerprint density at radius 2 is 2.33 bits per heavy atom. The van der Waals surface area contributed by atoms with Crippen LogP contribution in [0.5, 0.6) is 0 Å². The third-order valence-electron chi connectivity index (χ3n) is 3.46. The summed E-state index contributed by atoms with van der Waals surface area (Å²) in [6.07, 6.45) is 2.28. The van der Waals surface area contributed by atoms with E-state index in [4.69, 9.17) is 9.47 Å². The second-order valence-corrected chi connectivity index (χ2v) is 4.82. The predicted octanol–water partition coefficient (Wildman–Crippen LogP) is -1.03. The normalized spacial score (nSPS) is 29.4. The lowest BCUT2D eigenvalue weighted by molar-refractivity contribution is -0.125. The maximum Gasteiger partial charge on any atom is 0.234 e. The van der Waals surface area contributed by atoms with Crippen LogP contribution in [0.3, 0.4) is 0 Å². The second-order valence-electron chi connectivity index (χ2n) is 4.82. The van der Waals surface area contributed by atoms with Gasteiger partial charge in [0.05, 0.1) is 38.5 Å². The zero-order valence-electron chi connectivity index (χ0n) is 10.6. The Morgan fingerprint density at radius 3 is 3.06 bits per heavy atom. The minimum atomic E-state index is -0.0627. The second kappa shape index (κ2) is 7.04. The van der Waals surface area contributed by atoms with Gasteiger partial charge in [0, 0.05) is 19.7 Å². The van der Waals surface area contributed by atoms with E-state index in [9.17, 15) is 9.90 Å². The van der Waals surface area contributed by atoms with Crippen LogP contribution in [0.25, 0.3) is 0 Å². The van der Waals surface area contributed by atoms with Gasteiger partial charge >= 0.3 is 0 Å². The number of morpholine rings is 1. The Labute approximate surface area is 107 Å². The average molecular weight is 258 g/mol. The zero-order chi connectivity index (χ0) is 12.8. The van der Waals surface area contributed by atoms with E-state index in [0.717, 1.165) is 19.4 Å². The summed E-state index contributed by atoms with van der Waals surface area (Å²) in [5.74, 6) is -0.00847. The third-order valence-corrected chi connectivity index (χ3v) is 3.46. The SMILES string of the molecule is O=C(CN1CCOCC1CO)NCC1CCCO1. The summed E-state index contributed by atoms with van der Waals surface area (Å²) < 4.78 is 10.7. The highest BCUT2D eigenvalue weighted by atomic mass is 16.5. The predicted molar refractivity (Wildman–Crippen MR) is 65.2 cm³/mol. The number of carbonyl (C=O) groups is 1. The van der Waals surface area contributed by atoms with Crippen LogP contribution in [0.4, 0.5) is 0 Å². The molecule has 2 aliphatic heterocycles. The molecule has 2 atom stereocenters. The van der Waals surface area contributed by atoms with E-state index in [2.05, 4.69) is 5.32 Å². The summed E-state index contributed by atoms with van der Waals surface area (Å²) in [4.78, 5) is 13.8. The van der Waals surface area contributed by atoms with E-state index in [1.165, 1.54) is 0 Å². The molecule has 2 unspecified atom stereocenters. The van der Waals surface area contributed by atoms with E-state index in [1.54, 1.807) is 0 Å². The highest BCUT2D eigenvalue weighted by molar-refractivity contribution is 5.78. The number of rotatable bonds is 5. The van der Waals surface area contributed by atoms with Crippen LogP contribution in [0.2, 0.25) is 0 Å². The number of nitrogens with zero attached hydrogens (tertiary/aromatic N) is 1. The van der Waals surface area contributed by atoms with Crippen molar-refractivity contribution >= 4 is 5.91 Å². The van der Waals surface area contributed by atoms with Crippen LogP contribution >= 0.6 is 0 Å². The monoisotopic (exact) mass is 258 g/mol. The topological polar surface area (TPSA) is 71.0 Å². The quantitative estimate of drug-likeness (QED) is 0.660. The molecule has 2 aliphatic rings. The largest absolute Gasteiger partial charge is 0.395 e. The average Bonchev–Trinajstić information content (AvgIpc) is 2.90. The Hall–Kier alpha value is -0.690. The van der Waals surface area contributed by atoms with Gasteiger partial charge in [-0.3, -0.25) is 9.69 Å². The Kier molecular flexibility index (Phi) is 5.37. The van der Waals surface area contributed by atoms with Crippen LogP contribution in [-0.2, 0) is 14.3 Å². The molecule has 6 nitrogen and oxygen atoms in total. The molecule has 104 valence electrons. The first-order valence-corrected chi connectivity index (χ1v) is 6.60. The van der Waals surface area contributed by atoms with Crippen molar-refractivity contribution in [2.45, 2.75) is 25.0 Å². The minimum Gasteiger partial charge on any atom is -0.395 e. The highest BCUT2D eigenvalue weighted by Crippen LogP contribution is 2.10. The van der Waals surface area contributed by atoms with Gasteiger partial charge in [-0.05, 0) is 12.8 Å². The van der Waals surface area contributed by atoms with Crippen LogP contribution in [0, 0.1) is 0 Å². The van der Waals surface area contributed by atoms with Gasteiger partial charge in [-0.1, -0.05) is 0 Å². The van der Waals surface area contributed by atoms with Crippen molar-refractivity contribution in [2.75, 3.05) is 46.1 Å². The molecule has 0 spiro atoms. The molecule has 0 aliphatic carbocycles. The van der Waals surface area contributed by atoms with Crippen molar-refractivity contribution in [1.29, 1.82) is 0 Å². The van der Waals surface area contributed by atoms with Crippen molar-refractivity contribution < 1.29 is 19.4 Å². The van der Waals surface area contributed by atoms with Crippen LogP contribution in [-0.4, -0.2) is 74.1 Å². The molecule has 2 fully saturated rings. The number of hydrogen-bond acceptors (Lipinski definition) is 5. The molecule has 0 aromatic rings. The molecular weight excluding hydrogens is 236 g/mol. The van der Waals surface area contributed by atoms with Gasteiger partial charge in [0.15, 0.2) is 0 Å². The summed E-state index contributed by atoms with van der Waals surface area (Å²) in [6.45, 7) is 3.55. The number of carbonyl (C=O) groups excluding carboxylic acids is 1. The number of ether oxygens (including phenoxy) is 2. The van der Waals surface area contributed by atoms with Gasteiger partial charge in [-0.2, -0.15) is 0 Å². The molecule has 0 saturated carbocycles. The highest BCUT2D eigenvalue weighted by Gasteiger charge is 2.24. The van der Waals surface area contributed by atoms with Gasteiger partial charge in [0.25, 0.3) is 0 Å². The maximum absolute atomic E-state index is 11.8. The van der Waals surface area contributed by atoms with Gasteiger partial charge in [-0.15, -0.1) is 0 Å². The Balaban J connectivity index is 1.68. The van der Waals surface area contributed by atoms with E-state index < -0.39 is 0 Å². The molecule has 2 heterocycles. The first kappa shape index (κ1) is 13.7. The molecule has 0 aromatic carbocycles. The van der Waals surface area contributed by atoms with Crippen molar-refractivity contribution in [2.24, 2.45) is 0 Å². The van der Waals surface area contributed by atoms with Gasteiger partial charge in [0.1, 0.15) is 0 Å². The van der Waals surface area contributed by atoms with Gasteiger partial charge < -0.3 is 19.9 Å². The van der Waals surface area contributed by atoms with Crippen LogP contribution in [0.15, 0.2) is 0 Å². The molecule has 2 N–H and O–H groups in total. The number of aliphatic hydroxyl groups is 1. The summed E-state index contributed by atoms with van der Waals surface area (Å²) in [7, 11) is 0. The number of nitrogens with one attached hydrogen (secondary N) is 1. The minimum absolute atomic E-state index is 0.00847. The fourth-order valence-corrected chi connectivity index (χ4v) is 2.34. The smallest absolute Gasteiger partial charge is 0.234 e. The van der Waals surface area contributed by atoms with Crippen LogP contribution in [0.1, 0.15) is 12.8 Å². The van der Waals surface area contributed by atoms with E-state index in [-0.39, 0.29) is 24.7 Å². The summed E-state index contributed by atoms with van der Waals surface area (Å²) in [5.41, 5.74) is 0. The van der Waals surface area contributed by atoms with Crippen LogP contribution < -0.4 is 5.32 Å². The van der Waals surface area contributed by atoms with Crippen molar-refractivity contribution in [1.82, 2.24) is 10.2 Å². The maximum atomic E-state index is 11.8. The van der Waals surface area contributed by atoms with Gasteiger partial charge in [-0.25, -0.2) is 0 Å². The molecular formula is C12H22N2O4. The molecule has 0 bridgehead atoms. The molecule has 18 heavy (non-hydrogen) atoms. The molecule has 6 heteroatoms. The Morgan fingerprint density at radius 1 is 1.44 bits per heavy atom. The van der Waals surface area contributed by atoms with E-state index in [1.807, 2.05) is 4.90 Å². The molecule has 0 aromatic heterocycles. The molecule has 1 amide bonds. The fraction of sp³-hybridized carbons (Fsp3) is 0.917. The van der Waals surface area contributed by atoms with Crippen molar-refractivity contribution in [3.8, 4) is 0 Å². The summed E-state index contributed by atoms with van der Waals surface area (Å²) >= 11 is 0. The van der Waals surface area contributed by atoms with E-state index >= 15 is 0 Å². The lowest BCUT2D eigenvalue weighted by Gasteiger charge is -2.33. The summed E-state index contributed by atoms with van der Waals surface area (Å²) in [6, 6.07) is -0.0627. The lowest BCUT2D eigenvalue weighted by Crippen LogP contribution is -2.51. The zero-order valence-corrected chi connectivity index (χ0v) is 10.6. The Bertz CT molecular complexity index is 269. The first-order chi connectivity index (χ1) is 8.79. The van der Waals surface area contributed by atoms with Crippen molar-refractivity contribution in [3.63, 3.8) is 0 Å². The number of hydrogen-bond donors (Lipinski definition) is 2. The fourth-order valence-electron chi connectivity index (χ4n) is 2.34. The molecule has 0 radical (unpaired) electrons. The molecule has 2 rings (SSSR count). The number of aliphatic hydroxyl groups excluding tert-OH is 1.